The number of fused-ring (bicyclic) bond motifs is 1. The number of amides is 1. The molecule has 0 saturated heterocycles. The highest BCUT2D eigenvalue weighted by molar-refractivity contribution is 6.08. The van der Waals surface area contributed by atoms with Gasteiger partial charge >= 0.3 is 0 Å². The van der Waals surface area contributed by atoms with Crippen LogP contribution in [0.3, 0.4) is 0 Å². The molecule has 1 amide bonds. The second-order valence-corrected chi connectivity index (χ2v) is 6.03. The van der Waals surface area contributed by atoms with Gasteiger partial charge in [0.15, 0.2) is 0 Å². The van der Waals surface area contributed by atoms with E-state index in [9.17, 15) is 4.79 Å². The first-order chi connectivity index (χ1) is 13.1. The molecule has 0 fully saturated rings. The zero-order valence-electron chi connectivity index (χ0n) is 16.2. The molecular weight excluding hydrogens is 342 g/mol. The average molecular weight is 367 g/mol. The largest absolute Gasteiger partial charge is 0.497 e. The Labute approximate surface area is 159 Å². The molecular formula is C21H25N3O3. The van der Waals surface area contributed by atoms with E-state index in [1.165, 1.54) is 0 Å². The fourth-order valence-electron chi connectivity index (χ4n) is 3.11. The van der Waals surface area contributed by atoms with Gasteiger partial charge in [0.1, 0.15) is 5.75 Å². The Bertz CT molecular complexity index is 932. The van der Waals surface area contributed by atoms with Crippen molar-refractivity contribution >= 4 is 22.5 Å². The summed E-state index contributed by atoms with van der Waals surface area (Å²) < 4.78 is 12.8. The van der Waals surface area contributed by atoms with Gasteiger partial charge in [-0.1, -0.05) is 0 Å². The van der Waals surface area contributed by atoms with Crippen LogP contribution in [0.15, 0.2) is 42.5 Å². The van der Waals surface area contributed by atoms with Crippen molar-refractivity contribution in [1.29, 1.82) is 0 Å². The molecule has 1 heterocycles. The predicted octanol–water partition coefficient (Wildman–Crippen LogP) is 4.13. The van der Waals surface area contributed by atoms with Gasteiger partial charge in [-0.05, 0) is 63.2 Å². The summed E-state index contributed by atoms with van der Waals surface area (Å²) >= 11 is 0. The van der Waals surface area contributed by atoms with Crippen LogP contribution in [0.2, 0.25) is 0 Å². The molecule has 0 unspecified atom stereocenters. The Hall–Kier alpha value is -3.02. The lowest BCUT2D eigenvalue weighted by Crippen LogP contribution is -2.30. The molecule has 0 aliphatic heterocycles. The van der Waals surface area contributed by atoms with Crippen molar-refractivity contribution < 1.29 is 14.3 Å². The molecule has 0 N–H and O–H groups in total. The minimum absolute atomic E-state index is 0.0615. The van der Waals surface area contributed by atoms with E-state index in [4.69, 9.17) is 9.47 Å². The molecule has 0 aliphatic carbocycles. The third kappa shape index (κ3) is 3.60. The van der Waals surface area contributed by atoms with Gasteiger partial charge in [-0.3, -0.25) is 4.79 Å². The van der Waals surface area contributed by atoms with E-state index in [1.54, 1.807) is 12.0 Å². The fraction of sp³-hybridized carbons (Fsp3) is 0.333. The average Bonchev–Trinajstić information content (AvgIpc) is 3.06. The number of anilines is 1. The summed E-state index contributed by atoms with van der Waals surface area (Å²) in [6.45, 7) is 7.77. The molecule has 27 heavy (non-hydrogen) atoms. The van der Waals surface area contributed by atoms with E-state index in [2.05, 4.69) is 5.10 Å². The van der Waals surface area contributed by atoms with Crippen molar-refractivity contribution in [3.8, 4) is 11.6 Å². The van der Waals surface area contributed by atoms with Crippen LogP contribution < -0.4 is 14.4 Å². The summed E-state index contributed by atoms with van der Waals surface area (Å²) in [5, 5.41) is 5.50. The molecule has 6 nitrogen and oxygen atoms in total. The third-order valence-electron chi connectivity index (χ3n) is 4.46. The Balaban J connectivity index is 1.95. The summed E-state index contributed by atoms with van der Waals surface area (Å²) in [5.41, 5.74) is 2.19. The van der Waals surface area contributed by atoms with Gasteiger partial charge in [-0.15, -0.1) is 0 Å². The highest BCUT2D eigenvalue weighted by Crippen LogP contribution is 2.28. The molecule has 142 valence electrons. The number of carbonyl (C=O) groups excluding carboxylic acids is 1. The Morgan fingerprint density at radius 3 is 2.44 bits per heavy atom. The first-order valence-electron chi connectivity index (χ1n) is 9.22. The van der Waals surface area contributed by atoms with Gasteiger partial charge in [0, 0.05) is 24.3 Å². The number of aromatic nitrogens is 2. The molecule has 3 rings (SSSR count). The highest BCUT2D eigenvalue weighted by Gasteiger charge is 2.19. The zero-order valence-corrected chi connectivity index (χ0v) is 16.2. The van der Waals surface area contributed by atoms with Crippen molar-refractivity contribution in [1.82, 2.24) is 9.78 Å². The zero-order chi connectivity index (χ0) is 19.4. The van der Waals surface area contributed by atoms with Gasteiger partial charge in [0.25, 0.3) is 5.91 Å². The topological polar surface area (TPSA) is 56.6 Å². The molecule has 0 spiro atoms. The lowest BCUT2D eigenvalue weighted by Gasteiger charge is -2.21. The smallest absolute Gasteiger partial charge is 0.258 e. The molecule has 0 bridgehead atoms. The summed E-state index contributed by atoms with van der Waals surface area (Å²) in [7, 11) is 1.62. The van der Waals surface area contributed by atoms with Crippen LogP contribution in [0.1, 0.15) is 31.1 Å². The Morgan fingerprint density at radius 1 is 1.11 bits per heavy atom. The van der Waals surface area contributed by atoms with Gasteiger partial charge in [-0.2, -0.15) is 5.10 Å². The summed E-state index contributed by atoms with van der Waals surface area (Å²) in [6.07, 6.45) is 0. The van der Waals surface area contributed by atoms with Crippen molar-refractivity contribution in [3.63, 3.8) is 0 Å². The summed E-state index contributed by atoms with van der Waals surface area (Å²) in [6, 6.07) is 13.1. The van der Waals surface area contributed by atoms with Crippen LogP contribution in [0.25, 0.3) is 10.9 Å². The quantitative estimate of drug-likeness (QED) is 0.630. The number of benzene rings is 2. The molecule has 0 atom stereocenters. The van der Waals surface area contributed by atoms with E-state index >= 15 is 0 Å². The van der Waals surface area contributed by atoms with Crippen LogP contribution >= 0.6 is 0 Å². The van der Waals surface area contributed by atoms with Gasteiger partial charge in [0.05, 0.1) is 24.6 Å². The normalized spacial score (nSPS) is 10.8. The first kappa shape index (κ1) is 18.8. The van der Waals surface area contributed by atoms with E-state index in [-0.39, 0.29) is 5.91 Å². The summed E-state index contributed by atoms with van der Waals surface area (Å²) in [4.78, 5) is 14.8. The number of methoxy groups -OCH3 is 1. The minimum Gasteiger partial charge on any atom is -0.497 e. The number of rotatable bonds is 7. The van der Waals surface area contributed by atoms with E-state index in [0.717, 1.165) is 28.2 Å². The number of nitrogens with zero attached hydrogens (tertiary/aromatic N) is 3. The minimum atomic E-state index is -0.0615. The molecule has 3 aromatic rings. The molecule has 0 aliphatic rings. The Kier molecular flexibility index (Phi) is 5.64. The maximum Gasteiger partial charge on any atom is 0.258 e. The first-order valence-corrected chi connectivity index (χ1v) is 9.22. The molecule has 0 radical (unpaired) electrons. The molecule has 2 aromatic carbocycles. The Morgan fingerprint density at radius 2 is 1.85 bits per heavy atom. The van der Waals surface area contributed by atoms with Gasteiger partial charge in [0.2, 0.25) is 5.88 Å². The van der Waals surface area contributed by atoms with E-state index in [0.29, 0.717) is 25.3 Å². The lowest BCUT2D eigenvalue weighted by atomic mass is 10.1. The fourth-order valence-corrected chi connectivity index (χ4v) is 3.11. The molecule has 6 heteroatoms. The molecule has 1 aromatic heterocycles. The van der Waals surface area contributed by atoms with Crippen LogP contribution in [-0.4, -0.2) is 35.9 Å². The molecule has 0 saturated carbocycles. The standard InChI is InChI=1S/C21H25N3O3/c1-5-23(16-9-11-17(26-4)12-10-16)20(25)15-8-13-18-19(14-15)22-24(6-2)21(18)27-7-3/h8-14H,5-7H2,1-4H3. The maximum atomic E-state index is 13.1. The third-order valence-corrected chi connectivity index (χ3v) is 4.46. The van der Waals surface area contributed by atoms with Gasteiger partial charge < -0.3 is 14.4 Å². The van der Waals surface area contributed by atoms with Gasteiger partial charge in [-0.25, -0.2) is 4.68 Å². The van der Waals surface area contributed by atoms with Crippen molar-refractivity contribution in [2.75, 3.05) is 25.2 Å². The second-order valence-electron chi connectivity index (χ2n) is 6.03. The number of hydrogen-bond donors (Lipinski definition) is 0. The second kappa shape index (κ2) is 8.12. The van der Waals surface area contributed by atoms with Crippen molar-refractivity contribution in [3.05, 3.63) is 48.0 Å². The van der Waals surface area contributed by atoms with Crippen LogP contribution in [0, 0.1) is 0 Å². The SMILES string of the molecule is CCOc1c2ccc(C(=O)N(CC)c3ccc(OC)cc3)cc2nn1CC. The number of hydrogen-bond acceptors (Lipinski definition) is 4. The van der Waals surface area contributed by atoms with E-state index < -0.39 is 0 Å². The van der Waals surface area contributed by atoms with Crippen LogP contribution in [0.4, 0.5) is 5.69 Å². The van der Waals surface area contributed by atoms with Crippen molar-refractivity contribution in [2.45, 2.75) is 27.3 Å². The number of carbonyl (C=O) groups is 1. The van der Waals surface area contributed by atoms with Crippen LogP contribution in [-0.2, 0) is 6.54 Å². The maximum absolute atomic E-state index is 13.1. The predicted molar refractivity (Wildman–Crippen MR) is 107 cm³/mol. The lowest BCUT2D eigenvalue weighted by molar-refractivity contribution is 0.0988. The monoisotopic (exact) mass is 367 g/mol. The highest BCUT2D eigenvalue weighted by atomic mass is 16.5. The van der Waals surface area contributed by atoms with E-state index in [1.807, 2.05) is 67.9 Å². The number of ether oxygens (including phenoxy) is 2. The number of aryl methyl sites for hydroxylation is 1. The van der Waals surface area contributed by atoms with Crippen LogP contribution in [0.5, 0.6) is 11.6 Å². The summed E-state index contributed by atoms with van der Waals surface area (Å²) in [5.74, 6) is 1.45. The van der Waals surface area contributed by atoms with Crippen molar-refractivity contribution in [2.24, 2.45) is 0 Å².